The molecule has 17 heavy (non-hydrogen) atoms. The van der Waals surface area contributed by atoms with Crippen molar-refractivity contribution in [3.05, 3.63) is 35.3 Å². The predicted octanol–water partition coefficient (Wildman–Crippen LogP) is 2.21. The summed E-state index contributed by atoms with van der Waals surface area (Å²) in [5, 5.41) is 0.824. The van der Waals surface area contributed by atoms with E-state index in [0.29, 0.717) is 12.1 Å². The summed E-state index contributed by atoms with van der Waals surface area (Å²) in [7, 11) is 3.87. The lowest BCUT2D eigenvalue weighted by molar-refractivity contribution is 0.636. The highest BCUT2D eigenvalue weighted by Gasteiger charge is 2.14. The standard InChI is InChI=1S/C13H16FN3/c1-8-11(7-15)16-12-9(13(8)17(2)3)5-4-6-10(12)14/h4-6H,7,15H2,1-3H3. The summed E-state index contributed by atoms with van der Waals surface area (Å²) in [5.74, 6) is -0.305. The lowest BCUT2D eigenvalue weighted by Crippen LogP contribution is -2.14. The normalized spacial score (nSPS) is 10.9. The fourth-order valence-electron chi connectivity index (χ4n) is 2.15. The van der Waals surface area contributed by atoms with Crippen LogP contribution in [0.4, 0.5) is 10.1 Å². The highest BCUT2D eigenvalue weighted by atomic mass is 19.1. The van der Waals surface area contributed by atoms with Crippen LogP contribution in [0.2, 0.25) is 0 Å². The van der Waals surface area contributed by atoms with Crippen LogP contribution in [-0.2, 0) is 6.54 Å². The third-order valence-electron chi connectivity index (χ3n) is 2.92. The molecule has 0 bridgehead atoms. The van der Waals surface area contributed by atoms with Crippen LogP contribution < -0.4 is 10.6 Å². The van der Waals surface area contributed by atoms with Crippen LogP contribution in [-0.4, -0.2) is 19.1 Å². The van der Waals surface area contributed by atoms with Gasteiger partial charge in [-0.2, -0.15) is 0 Å². The summed E-state index contributed by atoms with van der Waals surface area (Å²) in [6.07, 6.45) is 0. The van der Waals surface area contributed by atoms with Gasteiger partial charge in [-0.05, 0) is 18.6 Å². The Morgan fingerprint density at radius 3 is 2.65 bits per heavy atom. The van der Waals surface area contributed by atoms with E-state index in [1.807, 2.05) is 32.0 Å². The van der Waals surface area contributed by atoms with Gasteiger partial charge in [-0.25, -0.2) is 9.37 Å². The number of halogens is 1. The summed E-state index contributed by atoms with van der Waals surface area (Å²) in [6, 6.07) is 5.01. The second-order valence-electron chi connectivity index (χ2n) is 4.27. The van der Waals surface area contributed by atoms with E-state index in [0.717, 1.165) is 22.3 Å². The smallest absolute Gasteiger partial charge is 0.149 e. The Balaban J connectivity index is 2.92. The highest BCUT2D eigenvalue weighted by molar-refractivity contribution is 5.94. The fourth-order valence-corrected chi connectivity index (χ4v) is 2.15. The molecule has 0 amide bonds. The minimum absolute atomic E-state index is 0.305. The van der Waals surface area contributed by atoms with E-state index >= 15 is 0 Å². The third kappa shape index (κ3) is 1.85. The number of anilines is 1. The molecule has 2 aromatic rings. The molecule has 4 heteroatoms. The monoisotopic (exact) mass is 233 g/mol. The van der Waals surface area contributed by atoms with Crippen molar-refractivity contribution in [1.82, 2.24) is 4.98 Å². The number of rotatable bonds is 2. The SMILES string of the molecule is Cc1c(CN)nc2c(F)cccc2c1N(C)C. The molecule has 1 heterocycles. The van der Waals surface area contributed by atoms with E-state index in [9.17, 15) is 4.39 Å². The maximum Gasteiger partial charge on any atom is 0.149 e. The molecule has 0 atom stereocenters. The first-order chi connectivity index (χ1) is 8.06. The molecule has 1 aromatic heterocycles. The molecule has 0 aliphatic rings. The van der Waals surface area contributed by atoms with Crippen molar-refractivity contribution in [2.45, 2.75) is 13.5 Å². The minimum atomic E-state index is -0.305. The van der Waals surface area contributed by atoms with Crippen LogP contribution in [0, 0.1) is 12.7 Å². The molecular formula is C13H16FN3. The molecule has 2 rings (SSSR count). The first kappa shape index (κ1) is 11.8. The summed E-state index contributed by atoms with van der Waals surface area (Å²) in [5.41, 5.74) is 8.78. The van der Waals surface area contributed by atoms with E-state index in [1.165, 1.54) is 6.07 Å². The van der Waals surface area contributed by atoms with E-state index in [2.05, 4.69) is 4.98 Å². The van der Waals surface area contributed by atoms with Crippen molar-refractivity contribution in [3.8, 4) is 0 Å². The lowest BCUT2D eigenvalue weighted by atomic mass is 10.1. The highest BCUT2D eigenvalue weighted by Crippen LogP contribution is 2.31. The molecule has 0 fully saturated rings. The van der Waals surface area contributed by atoms with Gasteiger partial charge in [0.15, 0.2) is 0 Å². The van der Waals surface area contributed by atoms with Gasteiger partial charge >= 0.3 is 0 Å². The molecule has 0 saturated carbocycles. The van der Waals surface area contributed by atoms with Crippen molar-refractivity contribution in [2.24, 2.45) is 5.73 Å². The van der Waals surface area contributed by atoms with Crippen molar-refractivity contribution in [3.63, 3.8) is 0 Å². The number of pyridine rings is 1. The van der Waals surface area contributed by atoms with Crippen molar-refractivity contribution < 1.29 is 4.39 Å². The molecule has 0 radical (unpaired) electrons. The van der Waals surface area contributed by atoms with E-state index < -0.39 is 0 Å². The molecule has 2 N–H and O–H groups in total. The zero-order valence-electron chi connectivity index (χ0n) is 10.3. The number of fused-ring (bicyclic) bond motifs is 1. The zero-order chi connectivity index (χ0) is 12.6. The van der Waals surface area contributed by atoms with E-state index in [-0.39, 0.29) is 5.82 Å². The zero-order valence-corrected chi connectivity index (χ0v) is 10.3. The molecule has 1 aromatic carbocycles. The first-order valence-electron chi connectivity index (χ1n) is 5.51. The fraction of sp³-hybridized carbons (Fsp3) is 0.308. The van der Waals surface area contributed by atoms with Gasteiger partial charge in [-0.15, -0.1) is 0 Å². The summed E-state index contributed by atoms with van der Waals surface area (Å²) >= 11 is 0. The Bertz CT molecular complexity index is 564. The lowest BCUT2D eigenvalue weighted by Gasteiger charge is -2.20. The van der Waals surface area contributed by atoms with Crippen LogP contribution in [0.5, 0.6) is 0 Å². The Kier molecular flexibility index (Phi) is 2.98. The number of benzene rings is 1. The van der Waals surface area contributed by atoms with Crippen LogP contribution in [0.3, 0.4) is 0 Å². The number of nitrogens with zero attached hydrogens (tertiary/aromatic N) is 2. The van der Waals surface area contributed by atoms with E-state index in [4.69, 9.17) is 5.73 Å². The Labute approximate surface area is 100 Å². The molecular weight excluding hydrogens is 217 g/mol. The number of hydrogen-bond acceptors (Lipinski definition) is 3. The van der Waals surface area contributed by atoms with Gasteiger partial charge < -0.3 is 10.6 Å². The summed E-state index contributed by atoms with van der Waals surface area (Å²) < 4.78 is 13.8. The topological polar surface area (TPSA) is 42.1 Å². The maximum atomic E-state index is 13.8. The van der Waals surface area contributed by atoms with Crippen molar-refractivity contribution in [1.29, 1.82) is 0 Å². The first-order valence-corrected chi connectivity index (χ1v) is 5.51. The molecule has 0 aliphatic heterocycles. The Hall–Kier alpha value is -1.68. The quantitative estimate of drug-likeness (QED) is 0.864. The average molecular weight is 233 g/mol. The van der Waals surface area contributed by atoms with Gasteiger partial charge in [0.1, 0.15) is 11.3 Å². The number of aromatic nitrogens is 1. The summed E-state index contributed by atoms with van der Waals surface area (Å²) in [4.78, 5) is 6.28. The van der Waals surface area contributed by atoms with Crippen molar-refractivity contribution >= 4 is 16.6 Å². The molecule has 0 unspecified atom stereocenters. The van der Waals surface area contributed by atoms with Crippen LogP contribution in [0.15, 0.2) is 18.2 Å². The average Bonchev–Trinajstić information content (AvgIpc) is 2.28. The number of para-hydroxylation sites is 1. The van der Waals surface area contributed by atoms with Crippen molar-refractivity contribution in [2.75, 3.05) is 19.0 Å². The van der Waals surface area contributed by atoms with Gasteiger partial charge in [0.05, 0.1) is 11.4 Å². The third-order valence-corrected chi connectivity index (χ3v) is 2.92. The Morgan fingerprint density at radius 2 is 2.06 bits per heavy atom. The van der Waals surface area contributed by atoms with Gasteiger partial charge in [-0.1, -0.05) is 12.1 Å². The second-order valence-corrected chi connectivity index (χ2v) is 4.27. The van der Waals surface area contributed by atoms with Gasteiger partial charge in [0.25, 0.3) is 0 Å². The molecule has 0 aliphatic carbocycles. The van der Waals surface area contributed by atoms with Gasteiger partial charge in [0, 0.05) is 26.0 Å². The molecule has 0 spiro atoms. The maximum absolute atomic E-state index is 13.8. The van der Waals surface area contributed by atoms with Crippen LogP contribution in [0.25, 0.3) is 10.9 Å². The minimum Gasteiger partial charge on any atom is -0.377 e. The van der Waals surface area contributed by atoms with E-state index in [1.54, 1.807) is 6.07 Å². The van der Waals surface area contributed by atoms with Crippen LogP contribution in [0.1, 0.15) is 11.3 Å². The number of nitrogens with two attached hydrogens (primary N) is 1. The molecule has 90 valence electrons. The predicted molar refractivity (Wildman–Crippen MR) is 68.7 cm³/mol. The largest absolute Gasteiger partial charge is 0.377 e. The molecule has 0 saturated heterocycles. The van der Waals surface area contributed by atoms with Crippen LogP contribution >= 0.6 is 0 Å². The molecule has 3 nitrogen and oxygen atoms in total. The summed E-state index contributed by atoms with van der Waals surface area (Å²) in [6.45, 7) is 2.28. The second kappa shape index (κ2) is 4.30. The number of hydrogen-bond donors (Lipinski definition) is 1. The van der Waals surface area contributed by atoms with Gasteiger partial charge in [-0.3, -0.25) is 0 Å². The Morgan fingerprint density at radius 1 is 1.35 bits per heavy atom. The van der Waals surface area contributed by atoms with Gasteiger partial charge in [0.2, 0.25) is 0 Å².